The molecule has 0 saturated heterocycles. The zero-order valence-corrected chi connectivity index (χ0v) is 25.3. The Hall–Kier alpha value is -2.82. The van der Waals surface area contributed by atoms with Gasteiger partial charge in [0, 0.05) is 0 Å². The van der Waals surface area contributed by atoms with Gasteiger partial charge in [0.05, 0.1) is 24.7 Å². The van der Waals surface area contributed by atoms with Crippen molar-refractivity contribution in [3.05, 3.63) is 59.7 Å². The molecule has 0 aliphatic carbocycles. The fourth-order valence-corrected chi connectivity index (χ4v) is 4.47. The van der Waals surface area contributed by atoms with E-state index < -0.39 is 0 Å². The summed E-state index contributed by atoms with van der Waals surface area (Å²) >= 11 is 0. The first-order chi connectivity index (χ1) is 19.5. The highest BCUT2D eigenvalue weighted by Gasteiger charge is 2.11. The Bertz CT molecular complexity index is 953. The molecule has 2 aromatic carbocycles. The van der Waals surface area contributed by atoms with Crippen LogP contribution in [0.2, 0.25) is 0 Å². The van der Waals surface area contributed by atoms with Gasteiger partial charge in [-0.15, -0.1) is 0 Å². The molecule has 0 saturated carbocycles. The van der Waals surface area contributed by atoms with Gasteiger partial charge in [-0.2, -0.15) is 0 Å². The highest BCUT2D eigenvalue weighted by Crippen LogP contribution is 2.19. The number of carbonyl (C=O) groups is 2. The molecule has 0 aliphatic rings. The monoisotopic (exact) mass is 552 g/mol. The summed E-state index contributed by atoms with van der Waals surface area (Å²) in [6.07, 6.45) is 17.3. The third-order valence-corrected chi connectivity index (χ3v) is 7.34. The van der Waals surface area contributed by atoms with E-state index >= 15 is 0 Å². The van der Waals surface area contributed by atoms with Crippen LogP contribution in [0, 0.1) is 5.92 Å². The van der Waals surface area contributed by atoms with Gasteiger partial charge in [-0.05, 0) is 68.0 Å². The second-order valence-corrected chi connectivity index (χ2v) is 10.9. The molecule has 222 valence electrons. The maximum Gasteiger partial charge on any atom is 0.343 e. The Morgan fingerprint density at radius 1 is 0.700 bits per heavy atom. The van der Waals surface area contributed by atoms with E-state index in [1.165, 1.54) is 63.4 Å². The standard InChI is InChI=1S/C35H52O5/c1-4-6-7-8-10-13-16-26-38-33-21-18-20-31(28-33)35(37)40-32-24-22-30(23-25-32)19-15-12-9-11-14-17-27-39-34(36)29(3)5-2/h18,20-25,28-29H,4-17,19,26-27H2,1-3H3. The van der Waals surface area contributed by atoms with Gasteiger partial charge in [-0.25, -0.2) is 4.79 Å². The van der Waals surface area contributed by atoms with Gasteiger partial charge in [0.2, 0.25) is 0 Å². The first-order valence-electron chi connectivity index (χ1n) is 15.7. The molecule has 0 fully saturated rings. The molecule has 0 amide bonds. The molecule has 40 heavy (non-hydrogen) atoms. The molecule has 0 heterocycles. The minimum Gasteiger partial charge on any atom is -0.494 e. The van der Waals surface area contributed by atoms with Crippen LogP contribution in [0.4, 0.5) is 0 Å². The Balaban J connectivity index is 1.59. The number of aryl methyl sites for hydroxylation is 1. The lowest BCUT2D eigenvalue weighted by atomic mass is 10.0. The fraction of sp³-hybridized carbons (Fsp3) is 0.600. The maximum atomic E-state index is 12.7. The lowest BCUT2D eigenvalue weighted by Gasteiger charge is -2.09. The summed E-state index contributed by atoms with van der Waals surface area (Å²) in [6, 6.07) is 15.1. The van der Waals surface area contributed by atoms with Crippen LogP contribution in [0.5, 0.6) is 11.5 Å². The van der Waals surface area contributed by atoms with E-state index in [1.54, 1.807) is 12.1 Å². The lowest BCUT2D eigenvalue weighted by Crippen LogP contribution is -2.14. The molecule has 5 heteroatoms. The van der Waals surface area contributed by atoms with Crippen LogP contribution in [0.25, 0.3) is 0 Å². The highest BCUT2D eigenvalue weighted by atomic mass is 16.5. The van der Waals surface area contributed by atoms with E-state index in [4.69, 9.17) is 14.2 Å². The van der Waals surface area contributed by atoms with Crippen LogP contribution in [0.3, 0.4) is 0 Å². The molecule has 2 rings (SSSR count). The predicted octanol–water partition coefficient (Wildman–Crippen LogP) is 9.51. The SMILES string of the molecule is CCCCCCCCCOc1cccc(C(=O)Oc2ccc(CCCCCCCCOC(=O)C(C)CC)cc2)c1. The molecule has 0 aromatic heterocycles. The fourth-order valence-electron chi connectivity index (χ4n) is 4.47. The zero-order valence-electron chi connectivity index (χ0n) is 25.3. The number of rotatable bonds is 22. The van der Waals surface area contributed by atoms with Crippen LogP contribution in [0.15, 0.2) is 48.5 Å². The lowest BCUT2D eigenvalue weighted by molar-refractivity contribution is -0.148. The van der Waals surface area contributed by atoms with Gasteiger partial charge in [0.15, 0.2) is 0 Å². The molecular weight excluding hydrogens is 500 g/mol. The van der Waals surface area contributed by atoms with Gasteiger partial charge in [-0.3, -0.25) is 4.79 Å². The number of hydrogen-bond donors (Lipinski definition) is 0. The first kappa shape index (κ1) is 33.4. The molecule has 0 bridgehead atoms. The van der Waals surface area contributed by atoms with E-state index in [1.807, 2.05) is 50.2 Å². The average Bonchev–Trinajstić information content (AvgIpc) is 2.98. The van der Waals surface area contributed by atoms with Gasteiger partial charge < -0.3 is 14.2 Å². The topological polar surface area (TPSA) is 61.8 Å². The van der Waals surface area contributed by atoms with Crippen molar-refractivity contribution in [3.8, 4) is 11.5 Å². The van der Waals surface area contributed by atoms with Crippen LogP contribution < -0.4 is 9.47 Å². The Morgan fingerprint density at radius 2 is 1.32 bits per heavy atom. The van der Waals surface area contributed by atoms with Crippen LogP contribution in [-0.2, 0) is 16.0 Å². The number of carbonyl (C=O) groups excluding carboxylic acids is 2. The van der Waals surface area contributed by atoms with Crippen LogP contribution >= 0.6 is 0 Å². The molecule has 2 aromatic rings. The predicted molar refractivity (Wildman–Crippen MR) is 163 cm³/mol. The van der Waals surface area contributed by atoms with Crippen molar-refractivity contribution in [2.24, 2.45) is 5.92 Å². The van der Waals surface area contributed by atoms with Crippen molar-refractivity contribution in [2.45, 2.75) is 117 Å². The third kappa shape index (κ3) is 14.5. The maximum absolute atomic E-state index is 12.7. The van der Waals surface area contributed by atoms with Crippen LogP contribution in [-0.4, -0.2) is 25.2 Å². The van der Waals surface area contributed by atoms with Gasteiger partial charge in [0.1, 0.15) is 11.5 Å². The Morgan fingerprint density at radius 3 is 2.00 bits per heavy atom. The van der Waals surface area contributed by atoms with Gasteiger partial charge >= 0.3 is 11.9 Å². The van der Waals surface area contributed by atoms with Crippen molar-refractivity contribution in [2.75, 3.05) is 13.2 Å². The van der Waals surface area contributed by atoms with Crippen LogP contribution in [0.1, 0.15) is 127 Å². The quantitative estimate of drug-likeness (QED) is 0.0827. The Labute approximate surface area is 243 Å². The normalized spacial score (nSPS) is 11.7. The third-order valence-electron chi connectivity index (χ3n) is 7.34. The summed E-state index contributed by atoms with van der Waals surface area (Å²) in [5.41, 5.74) is 1.74. The summed E-state index contributed by atoms with van der Waals surface area (Å²) in [7, 11) is 0. The first-order valence-corrected chi connectivity index (χ1v) is 15.7. The van der Waals surface area contributed by atoms with Crippen molar-refractivity contribution in [1.82, 2.24) is 0 Å². The summed E-state index contributed by atoms with van der Waals surface area (Å²) in [5, 5.41) is 0. The molecular formula is C35H52O5. The number of esters is 2. The molecule has 1 atom stereocenters. The van der Waals surface area contributed by atoms with Gasteiger partial charge in [0.25, 0.3) is 0 Å². The van der Waals surface area contributed by atoms with E-state index in [0.29, 0.717) is 30.3 Å². The average molecular weight is 553 g/mol. The number of ether oxygens (including phenoxy) is 3. The number of hydrogen-bond acceptors (Lipinski definition) is 5. The van der Waals surface area contributed by atoms with E-state index in [0.717, 1.165) is 38.5 Å². The van der Waals surface area contributed by atoms with Crippen molar-refractivity contribution in [1.29, 1.82) is 0 Å². The molecule has 5 nitrogen and oxygen atoms in total. The van der Waals surface area contributed by atoms with E-state index in [-0.39, 0.29) is 17.9 Å². The highest BCUT2D eigenvalue weighted by molar-refractivity contribution is 5.91. The molecule has 0 spiro atoms. The number of unbranched alkanes of at least 4 members (excludes halogenated alkanes) is 11. The summed E-state index contributed by atoms with van der Waals surface area (Å²) in [4.78, 5) is 24.3. The summed E-state index contributed by atoms with van der Waals surface area (Å²) < 4.78 is 16.8. The number of benzene rings is 2. The molecule has 1 unspecified atom stereocenters. The van der Waals surface area contributed by atoms with Crippen molar-refractivity contribution >= 4 is 11.9 Å². The molecule has 0 aliphatic heterocycles. The minimum atomic E-state index is -0.372. The smallest absolute Gasteiger partial charge is 0.343 e. The van der Waals surface area contributed by atoms with Gasteiger partial charge in [-0.1, -0.05) is 103 Å². The zero-order chi connectivity index (χ0) is 28.8. The molecule has 0 radical (unpaired) electrons. The second-order valence-electron chi connectivity index (χ2n) is 10.9. The summed E-state index contributed by atoms with van der Waals surface area (Å²) in [5.74, 6) is 0.820. The Kier molecular flexibility index (Phi) is 17.5. The van der Waals surface area contributed by atoms with E-state index in [9.17, 15) is 9.59 Å². The summed E-state index contributed by atoms with van der Waals surface area (Å²) in [6.45, 7) is 7.36. The second kappa shape index (κ2) is 21.0. The van der Waals surface area contributed by atoms with E-state index in [2.05, 4.69) is 6.92 Å². The minimum absolute atomic E-state index is 0.00232. The van der Waals surface area contributed by atoms with Crippen molar-refractivity contribution < 1.29 is 23.8 Å². The largest absolute Gasteiger partial charge is 0.494 e. The van der Waals surface area contributed by atoms with Crippen molar-refractivity contribution in [3.63, 3.8) is 0 Å². The molecule has 0 N–H and O–H groups in total.